The molecule has 8 nitrogen and oxygen atoms in total. The minimum absolute atomic E-state index is 0.00533. The number of hydrogen-bond acceptors (Lipinski definition) is 6. The second kappa shape index (κ2) is 11.9. The highest BCUT2D eigenvalue weighted by Gasteiger charge is 2.47. The van der Waals surface area contributed by atoms with Crippen LogP contribution in [0, 0.1) is 5.92 Å². The van der Waals surface area contributed by atoms with Crippen molar-refractivity contribution in [3.8, 4) is 5.75 Å². The summed E-state index contributed by atoms with van der Waals surface area (Å²) < 4.78 is 5.24. The molecule has 1 aliphatic rings. The van der Waals surface area contributed by atoms with Gasteiger partial charge < -0.3 is 15.0 Å². The summed E-state index contributed by atoms with van der Waals surface area (Å²) in [4.78, 5) is 40.3. The average Bonchev–Trinajstić information content (AvgIpc) is 3.16. The van der Waals surface area contributed by atoms with Gasteiger partial charge in [-0.15, -0.1) is 11.8 Å². The van der Waals surface area contributed by atoms with Crippen molar-refractivity contribution in [1.82, 2.24) is 15.7 Å². The summed E-state index contributed by atoms with van der Waals surface area (Å²) in [6, 6.07) is 16.0. The number of benzene rings is 2. The molecule has 0 saturated carbocycles. The number of hydroxylamine groups is 1. The lowest BCUT2D eigenvalue weighted by molar-refractivity contribution is -0.145. The Morgan fingerprint density at radius 2 is 1.79 bits per heavy atom. The Kier molecular flexibility index (Phi) is 8.95. The summed E-state index contributed by atoms with van der Waals surface area (Å²) in [5, 5.41) is 11.1. The Labute approximate surface area is 204 Å². The molecule has 0 radical (unpaired) electrons. The molecule has 3 amide bonds. The maximum atomic E-state index is 13.5. The van der Waals surface area contributed by atoms with Gasteiger partial charge in [-0.1, -0.05) is 56.3 Å². The maximum absolute atomic E-state index is 13.5. The van der Waals surface area contributed by atoms with Crippen molar-refractivity contribution in [1.29, 1.82) is 0 Å². The first-order valence-corrected chi connectivity index (χ1v) is 12.1. The van der Waals surface area contributed by atoms with Crippen molar-refractivity contribution in [3.63, 3.8) is 0 Å². The fraction of sp³-hybridized carbons (Fsp3) is 0.400. The van der Waals surface area contributed by atoms with E-state index in [2.05, 4.69) is 5.32 Å². The maximum Gasteiger partial charge on any atom is 0.266 e. The van der Waals surface area contributed by atoms with Crippen LogP contribution < -0.4 is 15.5 Å². The lowest BCUT2D eigenvalue weighted by Gasteiger charge is -2.32. The molecule has 3 N–H and O–H groups in total. The van der Waals surface area contributed by atoms with Crippen LogP contribution in [0.15, 0.2) is 54.6 Å². The molecule has 1 saturated heterocycles. The van der Waals surface area contributed by atoms with E-state index in [0.717, 1.165) is 11.1 Å². The predicted molar refractivity (Wildman–Crippen MR) is 130 cm³/mol. The minimum atomic E-state index is -0.866. The summed E-state index contributed by atoms with van der Waals surface area (Å²) in [5.41, 5.74) is 3.49. The first-order valence-electron chi connectivity index (χ1n) is 11.2. The van der Waals surface area contributed by atoms with E-state index in [4.69, 9.17) is 4.74 Å². The number of thioether (sulfide) groups is 1. The van der Waals surface area contributed by atoms with Crippen LogP contribution in [0.5, 0.6) is 5.75 Å². The van der Waals surface area contributed by atoms with Crippen molar-refractivity contribution in [2.75, 3.05) is 7.11 Å². The van der Waals surface area contributed by atoms with E-state index in [1.54, 1.807) is 24.7 Å². The Bertz CT molecular complexity index is 984. The van der Waals surface area contributed by atoms with E-state index < -0.39 is 22.6 Å². The van der Waals surface area contributed by atoms with Crippen LogP contribution in [0.25, 0.3) is 0 Å². The van der Waals surface area contributed by atoms with Gasteiger partial charge in [0.25, 0.3) is 5.91 Å². The number of nitrogens with one attached hydrogen (secondary N) is 2. The molecule has 9 heteroatoms. The van der Waals surface area contributed by atoms with Crippen LogP contribution in [-0.2, 0) is 20.9 Å². The molecule has 0 bridgehead atoms. The van der Waals surface area contributed by atoms with E-state index in [1.807, 2.05) is 56.3 Å². The molecule has 1 heterocycles. The highest BCUT2D eigenvalue weighted by atomic mass is 32.2. The van der Waals surface area contributed by atoms with Crippen molar-refractivity contribution in [2.45, 2.75) is 49.9 Å². The Hall–Kier alpha value is -3.04. The largest absolute Gasteiger partial charge is 0.497 e. The van der Waals surface area contributed by atoms with Crippen molar-refractivity contribution >= 4 is 29.5 Å². The molecule has 0 aliphatic carbocycles. The quantitative estimate of drug-likeness (QED) is 0.352. The van der Waals surface area contributed by atoms with Gasteiger partial charge in [0.05, 0.1) is 12.4 Å². The van der Waals surface area contributed by atoms with Crippen LogP contribution in [0.4, 0.5) is 0 Å². The highest BCUT2D eigenvalue weighted by Crippen LogP contribution is 2.46. The Morgan fingerprint density at radius 3 is 2.38 bits per heavy atom. The first kappa shape index (κ1) is 25.6. The number of nitrogens with zero attached hydrogens (tertiary/aromatic N) is 1. The van der Waals surface area contributed by atoms with Crippen molar-refractivity contribution in [3.05, 3.63) is 65.7 Å². The number of carbonyl (C=O) groups excluding carboxylic acids is 3. The molecule has 0 spiro atoms. The number of amides is 3. The third-order valence-corrected chi connectivity index (χ3v) is 7.08. The van der Waals surface area contributed by atoms with Gasteiger partial charge in [-0.2, -0.15) is 0 Å². The molecule has 1 aliphatic heterocycles. The monoisotopic (exact) mass is 485 g/mol. The molecule has 1 fully saturated rings. The van der Waals surface area contributed by atoms with Gasteiger partial charge in [-0.05, 0) is 35.6 Å². The van der Waals surface area contributed by atoms with Gasteiger partial charge in [0.1, 0.15) is 17.2 Å². The molecule has 3 atom stereocenters. The zero-order valence-electron chi connectivity index (χ0n) is 19.6. The Morgan fingerprint density at radius 1 is 1.12 bits per heavy atom. The first-order chi connectivity index (χ1) is 16.3. The van der Waals surface area contributed by atoms with E-state index in [-0.39, 0.29) is 24.2 Å². The number of rotatable bonds is 10. The highest BCUT2D eigenvalue weighted by molar-refractivity contribution is 8.01. The van der Waals surface area contributed by atoms with Gasteiger partial charge in [-0.25, -0.2) is 5.48 Å². The van der Waals surface area contributed by atoms with Gasteiger partial charge in [0, 0.05) is 13.0 Å². The zero-order chi connectivity index (χ0) is 24.7. The number of carbonyl (C=O) groups is 3. The summed E-state index contributed by atoms with van der Waals surface area (Å²) in [7, 11) is 1.57. The molecule has 2 aromatic rings. The molecule has 182 valence electrons. The van der Waals surface area contributed by atoms with Crippen LogP contribution >= 0.6 is 11.8 Å². The summed E-state index contributed by atoms with van der Waals surface area (Å²) in [5.74, 6) is -0.402. The summed E-state index contributed by atoms with van der Waals surface area (Å²) in [6.07, 6.45) is 0.368. The van der Waals surface area contributed by atoms with Gasteiger partial charge >= 0.3 is 0 Å². The molecule has 2 aromatic carbocycles. The summed E-state index contributed by atoms with van der Waals surface area (Å²) >= 11 is 1.34. The topological polar surface area (TPSA) is 108 Å². The van der Waals surface area contributed by atoms with Gasteiger partial charge in [0.2, 0.25) is 11.8 Å². The molecule has 34 heavy (non-hydrogen) atoms. The van der Waals surface area contributed by atoms with Gasteiger partial charge in [-0.3, -0.25) is 19.6 Å². The van der Waals surface area contributed by atoms with E-state index in [1.165, 1.54) is 16.7 Å². The lowest BCUT2D eigenvalue weighted by atomic mass is 10.00. The Balaban J connectivity index is 1.82. The SMILES string of the molecule is COc1ccc(C2SC(CC(=O)NCc3ccccc3)C(=O)N2C(CC(C)C)C(=O)NO)cc1. The van der Waals surface area contributed by atoms with E-state index >= 15 is 0 Å². The second-order valence-electron chi connectivity index (χ2n) is 8.58. The zero-order valence-corrected chi connectivity index (χ0v) is 20.4. The van der Waals surface area contributed by atoms with Crippen LogP contribution in [0.3, 0.4) is 0 Å². The number of methoxy groups -OCH3 is 1. The molecule has 3 rings (SSSR count). The minimum Gasteiger partial charge on any atom is -0.497 e. The second-order valence-corrected chi connectivity index (χ2v) is 9.87. The van der Waals surface area contributed by atoms with Crippen molar-refractivity contribution in [2.24, 2.45) is 5.92 Å². The normalized spacial score (nSPS) is 18.6. The van der Waals surface area contributed by atoms with Gasteiger partial charge in [0.15, 0.2) is 0 Å². The van der Waals surface area contributed by atoms with E-state index in [9.17, 15) is 19.6 Å². The van der Waals surface area contributed by atoms with Crippen LogP contribution in [0.1, 0.15) is 43.2 Å². The standard InChI is InChI=1S/C25H31N3O5S/c1-16(2)13-20(23(30)27-32)28-24(31)21(14-22(29)26-15-17-7-5-4-6-8-17)34-25(28)18-9-11-19(33-3)12-10-18/h4-12,16,20-21,25,32H,13-15H2,1-3H3,(H,26,29)(H,27,30). The number of ether oxygens (including phenoxy) is 1. The fourth-order valence-electron chi connectivity index (χ4n) is 3.93. The predicted octanol–water partition coefficient (Wildman–Crippen LogP) is 3.26. The smallest absolute Gasteiger partial charge is 0.266 e. The molecular formula is C25H31N3O5S. The lowest BCUT2D eigenvalue weighted by Crippen LogP contribution is -2.49. The molecular weight excluding hydrogens is 454 g/mol. The third kappa shape index (κ3) is 6.30. The fourth-order valence-corrected chi connectivity index (χ4v) is 5.42. The van der Waals surface area contributed by atoms with Crippen LogP contribution in [0.2, 0.25) is 0 Å². The van der Waals surface area contributed by atoms with Crippen LogP contribution in [-0.4, -0.2) is 46.2 Å². The van der Waals surface area contributed by atoms with E-state index in [0.29, 0.717) is 18.7 Å². The average molecular weight is 486 g/mol. The molecule has 3 unspecified atom stereocenters. The third-order valence-electron chi connectivity index (χ3n) is 5.62. The van der Waals surface area contributed by atoms with Crippen molar-refractivity contribution < 1.29 is 24.3 Å². The number of hydrogen-bond donors (Lipinski definition) is 3. The summed E-state index contributed by atoms with van der Waals surface area (Å²) in [6.45, 7) is 4.27. The molecule has 0 aromatic heterocycles.